The molecule has 1 unspecified atom stereocenters. The van der Waals surface area contributed by atoms with Crippen molar-refractivity contribution in [1.82, 2.24) is 15.5 Å². The van der Waals surface area contributed by atoms with Crippen LogP contribution in [0.25, 0.3) is 0 Å². The summed E-state index contributed by atoms with van der Waals surface area (Å²) in [7, 11) is 2.24. The molecule has 2 N–H and O–H groups in total. The van der Waals surface area contributed by atoms with E-state index in [0.717, 1.165) is 62.6 Å². The molecule has 0 spiro atoms. The van der Waals surface area contributed by atoms with Gasteiger partial charge in [-0.1, -0.05) is 25.0 Å². The molecule has 6 nitrogen and oxygen atoms in total. The number of halogens is 1. The summed E-state index contributed by atoms with van der Waals surface area (Å²) in [6.45, 7) is 9.97. The van der Waals surface area contributed by atoms with Crippen LogP contribution in [0.2, 0.25) is 0 Å². The van der Waals surface area contributed by atoms with Crippen LogP contribution in [0.5, 0.6) is 5.75 Å². The van der Waals surface area contributed by atoms with E-state index in [9.17, 15) is 0 Å². The number of ether oxygens (including phenoxy) is 2. The summed E-state index contributed by atoms with van der Waals surface area (Å²) >= 11 is 0. The van der Waals surface area contributed by atoms with Crippen molar-refractivity contribution in [2.75, 3.05) is 46.5 Å². The van der Waals surface area contributed by atoms with Crippen molar-refractivity contribution in [2.24, 2.45) is 10.9 Å². The predicted molar refractivity (Wildman–Crippen MR) is 139 cm³/mol. The summed E-state index contributed by atoms with van der Waals surface area (Å²) in [5, 5.41) is 6.86. The Labute approximate surface area is 205 Å². The van der Waals surface area contributed by atoms with Crippen molar-refractivity contribution in [1.29, 1.82) is 0 Å². The van der Waals surface area contributed by atoms with Gasteiger partial charge in [0.1, 0.15) is 5.75 Å². The average molecular weight is 545 g/mol. The van der Waals surface area contributed by atoms with Gasteiger partial charge in [0.15, 0.2) is 5.96 Å². The molecule has 2 fully saturated rings. The highest BCUT2D eigenvalue weighted by Crippen LogP contribution is 2.24. The van der Waals surface area contributed by atoms with E-state index >= 15 is 0 Å². The summed E-state index contributed by atoms with van der Waals surface area (Å²) in [4.78, 5) is 7.31. The van der Waals surface area contributed by atoms with Crippen LogP contribution in [-0.4, -0.2) is 63.4 Å². The molecule has 1 aromatic rings. The Balaban J connectivity index is 0.00000341. The van der Waals surface area contributed by atoms with Crippen molar-refractivity contribution < 1.29 is 9.47 Å². The van der Waals surface area contributed by atoms with Crippen molar-refractivity contribution in [3.63, 3.8) is 0 Å². The Morgan fingerprint density at radius 1 is 1.23 bits per heavy atom. The van der Waals surface area contributed by atoms with Crippen LogP contribution < -0.4 is 15.4 Å². The Morgan fingerprint density at radius 2 is 2.03 bits per heavy atom. The summed E-state index contributed by atoms with van der Waals surface area (Å²) in [5.41, 5.74) is 2.33. The van der Waals surface area contributed by atoms with Gasteiger partial charge in [-0.3, -0.25) is 0 Å². The maximum Gasteiger partial charge on any atom is 0.191 e. The Kier molecular flexibility index (Phi) is 12.0. The fraction of sp³-hybridized carbons (Fsp3) is 0.708. The molecule has 176 valence electrons. The van der Waals surface area contributed by atoms with E-state index in [1.165, 1.54) is 31.2 Å². The molecule has 0 amide bonds. The van der Waals surface area contributed by atoms with Crippen molar-refractivity contribution in [3.8, 4) is 5.75 Å². The van der Waals surface area contributed by atoms with Crippen LogP contribution in [0.1, 0.15) is 50.2 Å². The van der Waals surface area contributed by atoms with Crippen LogP contribution in [0, 0.1) is 12.8 Å². The fourth-order valence-electron chi connectivity index (χ4n) is 4.23. The van der Waals surface area contributed by atoms with E-state index in [-0.39, 0.29) is 24.0 Å². The van der Waals surface area contributed by atoms with Gasteiger partial charge in [-0.15, -0.1) is 24.0 Å². The van der Waals surface area contributed by atoms with E-state index in [1.807, 2.05) is 0 Å². The third-order valence-electron chi connectivity index (χ3n) is 6.18. The molecule has 1 heterocycles. The first-order chi connectivity index (χ1) is 14.7. The van der Waals surface area contributed by atoms with Crippen LogP contribution >= 0.6 is 24.0 Å². The molecule has 1 aliphatic carbocycles. The quantitative estimate of drug-likeness (QED) is 0.266. The lowest BCUT2D eigenvalue weighted by Gasteiger charge is -2.24. The zero-order valence-electron chi connectivity index (χ0n) is 19.5. The van der Waals surface area contributed by atoms with Gasteiger partial charge in [0, 0.05) is 43.8 Å². The zero-order chi connectivity index (χ0) is 21.2. The number of aliphatic imine (C=N–C) groups is 1. The van der Waals surface area contributed by atoms with Gasteiger partial charge in [-0.2, -0.15) is 0 Å². The molecule has 1 atom stereocenters. The molecule has 1 aromatic carbocycles. The predicted octanol–water partition coefficient (Wildman–Crippen LogP) is 3.96. The van der Waals surface area contributed by atoms with Gasteiger partial charge < -0.3 is 25.0 Å². The SMILES string of the molecule is CCNC(=NCc1ccc(C)cc1OCC1CCOC1)NCCN(C)C1CCCC1.I. The molecule has 31 heavy (non-hydrogen) atoms. The van der Waals surface area contributed by atoms with Gasteiger partial charge in [-0.25, -0.2) is 4.99 Å². The molecule has 0 radical (unpaired) electrons. The van der Waals surface area contributed by atoms with Crippen LogP contribution in [-0.2, 0) is 11.3 Å². The number of guanidine groups is 1. The monoisotopic (exact) mass is 544 g/mol. The zero-order valence-corrected chi connectivity index (χ0v) is 21.8. The lowest BCUT2D eigenvalue weighted by atomic mass is 10.1. The number of rotatable bonds is 10. The Hall–Kier alpha value is -1.06. The van der Waals surface area contributed by atoms with Crippen LogP contribution in [0.4, 0.5) is 0 Å². The fourth-order valence-corrected chi connectivity index (χ4v) is 4.23. The summed E-state index contributed by atoms with van der Waals surface area (Å²) in [6, 6.07) is 7.14. The van der Waals surface area contributed by atoms with Crippen molar-refractivity contribution >= 4 is 29.9 Å². The molecule has 0 bridgehead atoms. The lowest BCUT2D eigenvalue weighted by molar-refractivity contribution is 0.166. The van der Waals surface area contributed by atoms with E-state index in [4.69, 9.17) is 14.5 Å². The topological polar surface area (TPSA) is 58.1 Å². The highest BCUT2D eigenvalue weighted by molar-refractivity contribution is 14.0. The van der Waals surface area contributed by atoms with E-state index in [1.54, 1.807) is 0 Å². The third-order valence-corrected chi connectivity index (χ3v) is 6.18. The normalized spacial score (nSPS) is 19.5. The van der Waals surface area contributed by atoms with Gasteiger partial charge in [0.2, 0.25) is 0 Å². The first-order valence-electron chi connectivity index (χ1n) is 11.7. The molecular weight excluding hydrogens is 503 g/mol. The number of nitrogens with zero attached hydrogens (tertiary/aromatic N) is 2. The van der Waals surface area contributed by atoms with Crippen molar-refractivity contribution in [3.05, 3.63) is 29.3 Å². The van der Waals surface area contributed by atoms with Gasteiger partial charge in [0.25, 0.3) is 0 Å². The minimum Gasteiger partial charge on any atom is -0.493 e. The largest absolute Gasteiger partial charge is 0.493 e. The molecule has 7 heteroatoms. The molecule has 3 rings (SSSR count). The summed E-state index contributed by atoms with van der Waals surface area (Å²) in [5.74, 6) is 2.31. The molecule has 1 aliphatic heterocycles. The molecule has 1 saturated heterocycles. The van der Waals surface area contributed by atoms with E-state index < -0.39 is 0 Å². The minimum atomic E-state index is 0. The summed E-state index contributed by atoms with van der Waals surface area (Å²) < 4.78 is 11.6. The number of benzene rings is 1. The van der Waals surface area contributed by atoms with Crippen LogP contribution in [0.3, 0.4) is 0 Å². The van der Waals surface area contributed by atoms with Crippen LogP contribution in [0.15, 0.2) is 23.2 Å². The average Bonchev–Trinajstić information content (AvgIpc) is 3.45. The van der Waals surface area contributed by atoms with E-state index in [0.29, 0.717) is 19.1 Å². The number of nitrogens with one attached hydrogen (secondary N) is 2. The second-order valence-electron chi connectivity index (χ2n) is 8.69. The molecular formula is C24H41IN4O2. The standard InChI is InChI=1S/C24H40N4O2.HI/c1-4-25-24(26-12-13-28(3)22-7-5-6-8-22)27-16-21-10-9-19(2)15-23(21)30-18-20-11-14-29-17-20;/h9-10,15,20,22H,4-8,11-14,16-18H2,1-3H3,(H2,25,26,27);1H. The minimum absolute atomic E-state index is 0. The molecule has 0 aromatic heterocycles. The maximum absolute atomic E-state index is 6.17. The number of aryl methyl sites for hydroxylation is 1. The highest BCUT2D eigenvalue weighted by Gasteiger charge is 2.19. The Morgan fingerprint density at radius 3 is 2.74 bits per heavy atom. The van der Waals surface area contributed by atoms with Crippen molar-refractivity contribution in [2.45, 2.75) is 58.5 Å². The first-order valence-corrected chi connectivity index (χ1v) is 11.7. The Bertz CT molecular complexity index is 674. The molecule has 1 saturated carbocycles. The van der Waals surface area contributed by atoms with Gasteiger partial charge >= 0.3 is 0 Å². The third kappa shape index (κ3) is 8.77. The first kappa shape index (κ1) is 26.2. The maximum atomic E-state index is 6.17. The number of hydrogen-bond acceptors (Lipinski definition) is 4. The van der Waals surface area contributed by atoms with Gasteiger partial charge in [0.05, 0.1) is 19.8 Å². The summed E-state index contributed by atoms with van der Waals surface area (Å²) in [6.07, 6.45) is 6.52. The highest BCUT2D eigenvalue weighted by atomic mass is 127. The van der Waals surface area contributed by atoms with Gasteiger partial charge in [-0.05, 0) is 51.8 Å². The smallest absolute Gasteiger partial charge is 0.191 e. The second kappa shape index (κ2) is 14.2. The molecule has 2 aliphatic rings. The number of hydrogen-bond donors (Lipinski definition) is 2. The number of likely N-dealkylation sites (N-methyl/N-ethyl adjacent to an activating group) is 1. The lowest BCUT2D eigenvalue weighted by Crippen LogP contribution is -2.42. The second-order valence-corrected chi connectivity index (χ2v) is 8.69. The van der Waals surface area contributed by atoms with E-state index in [2.05, 4.69) is 54.6 Å².